The van der Waals surface area contributed by atoms with E-state index in [4.69, 9.17) is 5.73 Å². The second-order valence-corrected chi connectivity index (χ2v) is 4.32. The Labute approximate surface area is 76.1 Å². The van der Waals surface area contributed by atoms with Crippen molar-refractivity contribution in [2.24, 2.45) is 11.7 Å². The van der Waals surface area contributed by atoms with E-state index in [1.54, 1.807) is 0 Å². The zero-order valence-corrected chi connectivity index (χ0v) is 8.59. The third-order valence-electron chi connectivity index (χ3n) is 2.91. The average Bonchev–Trinajstić information content (AvgIpc) is 2.03. The van der Waals surface area contributed by atoms with Gasteiger partial charge in [-0.1, -0.05) is 13.3 Å². The van der Waals surface area contributed by atoms with Crippen molar-refractivity contribution in [2.75, 3.05) is 13.1 Å². The van der Waals surface area contributed by atoms with Crippen LogP contribution in [0.1, 0.15) is 33.6 Å². The highest BCUT2D eigenvalue weighted by molar-refractivity contribution is 4.82. The number of hydrogen-bond acceptors (Lipinski definition) is 2. The molecule has 0 saturated carbocycles. The molecule has 2 unspecified atom stereocenters. The molecule has 0 aromatic carbocycles. The van der Waals surface area contributed by atoms with Crippen LogP contribution >= 0.6 is 0 Å². The molecule has 0 aromatic rings. The van der Waals surface area contributed by atoms with Crippen molar-refractivity contribution in [2.45, 2.75) is 45.7 Å². The Balaban J connectivity index is 2.45. The summed E-state index contributed by atoms with van der Waals surface area (Å²) in [6.07, 6.45) is 2.50. The van der Waals surface area contributed by atoms with Crippen LogP contribution in [0.3, 0.4) is 0 Å². The van der Waals surface area contributed by atoms with Gasteiger partial charge in [0.05, 0.1) is 0 Å². The predicted octanol–water partition coefficient (Wildman–Crippen LogP) is 1.45. The van der Waals surface area contributed by atoms with Crippen molar-refractivity contribution in [1.29, 1.82) is 0 Å². The van der Waals surface area contributed by atoms with Gasteiger partial charge in [0.2, 0.25) is 0 Å². The van der Waals surface area contributed by atoms with Crippen LogP contribution in [0.25, 0.3) is 0 Å². The van der Waals surface area contributed by atoms with E-state index >= 15 is 0 Å². The number of nitrogens with two attached hydrogens (primary N) is 1. The highest BCUT2D eigenvalue weighted by Gasteiger charge is 2.24. The van der Waals surface area contributed by atoms with Gasteiger partial charge < -0.3 is 5.73 Å². The number of piperidine rings is 1. The number of likely N-dealkylation sites (tertiary alicyclic amines) is 1. The van der Waals surface area contributed by atoms with Gasteiger partial charge in [0.1, 0.15) is 0 Å². The quantitative estimate of drug-likeness (QED) is 0.679. The third-order valence-corrected chi connectivity index (χ3v) is 2.91. The van der Waals surface area contributed by atoms with E-state index in [-0.39, 0.29) is 0 Å². The van der Waals surface area contributed by atoms with Crippen LogP contribution < -0.4 is 5.73 Å². The molecule has 1 saturated heterocycles. The van der Waals surface area contributed by atoms with E-state index in [0.717, 1.165) is 12.5 Å². The zero-order valence-electron chi connectivity index (χ0n) is 8.59. The summed E-state index contributed by atoms with van der Waals surface area (Å²) in [6.45, 7) is 9.12. The molecule has 2 nitrogen and oxygen atoms in total. The monoisotopic (exact) mass is 170 g/mol. The van der Waals surface area contributed by atoms with Gasteiger partial charge in [-0.3, -0.25) is 4.90 Å². The molecule has 72 valence electrons. The lowest BCUT2D eigenvalue weighted by atomic mass is 9.92. The van der Waals surface area contributed by atoms with Gasteiger partial charge in [-0.25, -0.2) is 0 Å². The molecule has 0 radical (unpaired) electrons. The first-order valence-electron chi connectivity index (χ1n) is 5.13. The first-order chi connectivity index (χ1) is 5.63. The fourth-order valence-corrected chi connectivity index (χ4v) is 2.00. The Morgan fingerprint density at radius 1 is 1.42 bits per heavy atom. The Morgan fingerprint density at radius 2 is 2.08 bits per heavy atom. The molecule has 1 aliphatic rings. The summed E-state index contributed by atoms with van der Waals surface area (Å²) in [4.78, 5) is 2.50. The third kappa shape index (κ3) is 2.46. The Morgan fingerprint density at radius 3 is 2.58 bits per heavy atom. The van der Waals surface area contributed by atoms with Crippen LogP contribution in [0, 0.1) is 5.92 Å². The summed E-state index contributed by atoms with van der Waals surface area (Å²) >= 11 is 0. The fraction of sp³-hybridized carbons (Fsp3) is 1.00. The molecule has 2 atom stereocenters. The van der Waals surface area contributed by atoms with Crippen molar-refractivity contribution in [3.63, 3.8) is 0 Å². The van der Waals surface area contributed by atoms with E-state index in [9.17, 15) is 0 Å². The van der Waals surface area contributed by atoms with Gasteiger partial charge >= 0.3 is 0 Å². The molecule has 0 bridgehead atoms. The van der Waals surface area contributed by atoms with Gasteiger partial charge in [-0.15, -0.1) is 0 Å². The minimum absolute atomic E-state index is 0.408. The molecule has 12 heavy (non-hydrogen) atoms. The smallest absolute Gasteiger partial charge is 0.0171 e. The normalized spacial score (nSPS) is 32.8. The number of hydrogen-bond donors (Lipinski definition) is 1. The second kappa shape index (κ2) is 4.24. The molecular weight excluding hydrogens is 148 g/mol. The van der Waals surface area contributed by atoms with E-state index in [1.807, 2.05) is 0 Å². The lowest BCUT2D eigenvalue weighted by Crippen LogP contribution is -2.49. The Bertz CT molecular complexity index is 134. The predicted molar refractivity (Wildman–Crippen MR) is 53.1 cm³/mol. The molecule has 0 amide bonds. The van der Waals surface area contributed by atoms with Crippen molar-refractivity contribution in [1.82, 2.24) is 4.90 Å². The minimum atomic E-state index is 0.408. The molecule has 1 aliphatic heterocycles. The Hall–Kier alpha value is -0.0800. The average molecular weight is 170 g/mol. The first-order valence-corrected chi connectivity index (χ1v) is 5.13. The highest BCUT2D eigenvalue weighted by Crippen LogP contribution is 2.19. The maximum absolute atomic E-state index is 5.99. The molecule has 0 spiro atoms. The highest BCUT2D eigenvalue weighted by atomic mass is 15.2. The topological polar surface area (TPSA) is 29.3 Å². The molecule has 2 heteroatoms. The lowest BCUT2D eigenvalue weighted by Gasteiger charge is -2.38. The van der Waals surface area contributed by atoms with Gasteiger partial charge in [0.15, 0.2) is 0 Å². The molecule has 0 aromatic heterocycles. The summed E-state index contributed by atoms with van der Waals surface area (Å²) in [5.74, 6) is 0.830. The van der Waals surface area contributed by atoms with Gasteiger partial charge in [0, 0.05) is 25.2 Å². The maximum Gasteiger partial charge on any atom is 0.0171 e. The summed E-state index contributed by atoms with van der Waals surface area (Å²) in [7, 11) is 0. The summed E-state index contributed by atoms with van der Waals surface area (Å²) < 4.78 is 0. The molecule has 1 rings (SSSR count). The summed E-state index contributed by atoms with van der Waals surface area (Å²) in [6, 6.07) is 1.07. The molecular formula is C10H22N2. The van der Waals surface area contributed by atoms with Crippen molar-refractivity contribution >= 4 is 0 Å². The number of rotatable bonds is 2. The summed E-state index contributed by atoms with van der Waals surface area (Å²) in [5.41, 5.74) is 5.99. The van der Waals surface area contributed by atoms with Crippen LogP contribution in [0.4, 0.5) is 0 Å². The van der Waals surface area contributed by atoms with Crippen LogP contribution in [-0.2, 0) is 0 Å². The van der Waals surface area contributed by atoms with E-state index < -0.39 is 0 Å². The van der Waals surface area contributed by atoms with E-state index in [0.29, 0.717) is 12.1 Å². The van der Waals surface area contributed by atoms with Crippen LogP contribution in [0.2, 0.25) is 0 Å². The van der Waals surface area contributed by atoms with Crippen molar-refractivity contribution < 1.29 is 0 Å². The van der Waals surface area contributed by atoms with E-state index in [1.165, 1.54) is 19.4 Å². The maximum atomic E-state index is 5.99. The molecule has 2 N–H and O–H groups in total. The molecule has 1 heterocycles. The number of nitrogens with zero attached hydrogens (tertiary/aromatic N) is 1. The summed E-state index contributed by atoms with van der Waals surface area (Å²) in [5, 5.41) is 0. The zero-order chi connectivity index (χ0) is 9.14. The van der Waals surface area contributed by atoms with Crippen LogP contribution in [-0.4, -0.2) is 30.1 Å². The van der Waals surface area contributed by atoms with E-state index in [2.05, 4.69) is 25.7 Å². The largest absolute Gasteiger partial charge is 0.327 e. The second-order valence-electron chi connectivity index (χ2n) is 4.32. The lowest BCUT2D eigenvalue weighted by molar-refractivity contribution is 0.122. The van der Waals surface area contributed by atoms with Gasteiger partial charge in [-0.05, 0) is 26.2 Å². The SMILES string of the molecule is CCC1CC(N)CN(C(C)C)C1. The minimum Gasteiger partial charge on any atom is -0.327 e. The van der Waals surface area contributed by atoms with Crippen molar-refractivity contribution in [3.05, 3.63) is 0 Å². The fourth-order valence-electron chi connectivity index (χ4n) is 2.00. The van der Waals surface area contributed by atoms with Crippen LogP contribution in [0.5, 0.6) is 0 Å². The van der Waals surface area contributed by atoms with Crippen molar-refractivity contribution in [3.8, 4) is 0 Å². The van der Waals surface area contributed by atoms with Gasteiger partial charge in [-0.2, -0.15) is 0 Å². The Kier molecular flexibility index (Phi) is 3.53. The molecule has 0 aliphatic carbocycles. The van der Waals surface area contributed by atoms with Gasteiger partial charge in [0.25, 0.3) is 0 Å². The standard InChI is InChI=1S/C10H22N2/c1-4-9-5-10(11)7-12(6-9)8(2)3/h8-10H,4-7,11H2,1-3H3. The first kappa shape index (κ1) is 10.0. The molecule has 1 fully saturated rings. The van der Waals surface area contributed by atoms with Crippen LogP contribution in [0.15, 0.2) is 0 Å².